The lowest BCUT2D eigenvalue weighted by Crippen LogP contribution is -2.65. The summed E-state index contributed by atoms with van der Waals surface area (Å²) in [6, 6.07) is -0.739. The van der Waals surface area contributed by atoms with E-state index in [-0.39, 0.29) is 38.1 Å². The molecule has 5 N–H and O–H groups in total. The van der Waals surface area contributed by atoms with Crippen LogP contribution in [0.2, 0.25) is 0 Å². The summed E-state index contributed by atoms with van der Waals surface area (Å²) < 4.78 is 54.4. The Hall–Kier alpha value is -2.27. The number of methoxy groups -OCH3 is 2. The zero-order valence-corrected chi connectivity index (χ0v) is 38.8. The second kappa shape index (κ2) is 24.0. The average molecular weight is 902 g/mol. The summed E-state index contributed by atoms with van der Waals surface area (Å²) in [7, 11) is 6.43. The Morgan fingerprint density at radius 2 is 1.54 bits per heavy atom. The predicted octanol–water partition coefficient (Wildman–Crippen LogP) is 1.59. The van der Waals surface area contributed by atoms with Crippen LogP contribution in [0.4, 0.5) is 0 Å². The molecule has 6 unspecified atom stereocenters. The Balaban J connectivity index is 1.58. The van der Waals surface area contributed by atoms with Gasteiger partial charge in [0.1, 0.15) is 49.0 Å². The predicted molar refractivity (Wildman–Crippen MR) is 226 cm³/mol. The first-order valence-corrected chi connectivity index (χ1v) is 22.2. The van der Waals surface area contributed by atoms with Gasteiger partial charge in [0.15, 0.2) is 24.7 Å². The number of hydrogen-bond acceptors (Lipinski definition) is 18. The number of hydrogen-bond donors (Lipinski definition) is 5. The van der Waals surface area contributed by atoms with E-state index in [0.29, 0.717) is 18.3 Å². The molecule has 20 atom stereocenters. The van der Waals surface area contributed by atoms with Crippen LogP contribution in [0.15, 0.2) is 23.8 Å². The molecular formula is C45H75NO17. The lowest BCUT2D eigenvalue weighted by Gasteiger charge is -2.49. The summed E-state index contributed by atoms with van der Waals surface area (Å²) in [5, 5.41) is 55.4. The number of aldehydes is 1. The van der Waals surface area contributed by atoms with E-state index in [0.717, 1.165) is 0 Å². The molecule has 0 saturated carbocycles. The molecule has 18 nitrogen and oxygen atoms in total. The minimum atomic E-state index is -1.49. The van der Waals surface area contributed by atoms with Crippen molar-refractivity contribution in [1.82, 2.24) is 4.90 Å². The number of ketones is 1. The highest BCUT2D eigenvalue weighted by Gasteiger charge is 2.51. The summed E-state index contributed by atoms with van der Waals surface area (Å²) in [6.07, 6.45) is -8.49. The first kappa shape index (κ1) is 53.3. The van der Waals surface area contributed by atoms with E-state index in [1.807, 2.05) is 13.0 Å². The molecule has 4 heterocycles. The first-order valence-electron chi connectivity index (χ1n) is 22.2. The molecule has 0 spiro atoms. The van der Waals surface area contributed by atoms with Crippen molar-refractivity contribution in [3.8, 4) is 0 Å². The van der Waals surface area contributed by atoms with Gasteiger partial charge in [-0.3, -0.25) is 9.59 Å². The quantitative estimate of drug-likeness (QED) is 0.130. The number of rotatable bonds is 13. The Bertz CT molecular complexity index is 1530. The van der Waals surface area contributed by atoms with Crippen LogP contribution in [-0.2, 0) is 57.0 Å². The third-order valence-corrected chi connectivity index (χ3v) is 12.9. The Morgan fingerprint density at radius 1 is 0.873 bits per heavy atom. The third-order valence-electron chi connectivity index (χ3n) is 12.9. The topological polar surface area (TPSA) is 239 Å². The Morgan fingerprint density at radius 3 is 2.14 bits per heavy atom. The van der Waals surface area contributed by atoms with Gasteiger partial charge in [0, 0.05) is 45.3 Å². The van der Waals surface area contributed by atoms with E-state index in [4.69, 9.17) is 42.6 Å². The molecule has 3 saturated heterocycles. The summed E-state index contributed by atoms with van der Waals surface area (Å²) in [6.45, 7) is 12.0. The lowest BCUT2D eigenvalue weighted by atomic mass is 9.84. The van der Waals surface area contributed by atoms with E-state index in [1.54, 1.807) is 59.7 Å². The van der Waals surface area contributed by atoms with E-state index in [9.17, 15) is 39.9 Å². The third kappa shape index (κ3) is 13.9. The maximum atomic E-state index is 13.6. The molecule has 3 fully saturated rings. The Kier molecular flexibility index (Phi) is 20.3. The van der Waals surface area contributed by atoms with Crippen molar-refractivity contribution in [3.05, 3.63) is 23.8 Å². The molecule has 0 amide bonds. The van der Waals surface area contributed by atoms with Crippen LogP contribution in [0.25, 0.3) is 0 Å². The molecule has 0 aliphatic carbocycles. The highest BCUT2D eigenvalue weighted by atomic mass is 16.7. The molecule has 0 bridgehead atoms. The number of carbonyl (C=O) groups excluding carboxylic acids is 3. The van der Waals surface area contributed by atoms with Gasteiger partial charge in [0.05, 0.1) is 55.2 Å². The normalized spacial score (nSPS) is 44.0. The monoisotopic (exact) mass is 902 g/mol. The SMILES string of the molecule is CC[C@H]1OC(=O)C[C@@H](O)C[C@@H](OC2OC(C)[C@@H](O[C@H]3CC(C)(O)C(O)[C@@H](C)O3)[C@@H](N(C)C)[C@@H]2O)[C@@H](CC=O)C[C@@H](C)C(=O)C=CC(C)=C[C@@H]1CO[C@@H]1OC(C)[C@@H](O)[C@H](OC)C1OC. The first-order chi connectivity index (χ1) is 29.6. The molecule has 0 aromatic heterocycles. The number of aliphatic hydroxyl groups excluding tert-OH is 4. The largest absolute Gasteiger partial charge is 0.462 e. The minimum Gasteiger partial charge on any atom is -0.462 e. The number of ether oxygens (including phenoxy) is 9. The average Bonchev–Trinajstić information content (AvgIpc) is 3.21. The van der Waals surface area contributed by atoms with Crippen LogP contribution in [0.1, 0.15) is 87.0 Å². The molecule has 18 heteroatoms. The number of carbonyl (C=O) groups is 3. The van der Waals surface area contributed by atoms with Crippen LogP contribution in [0.5, 0.6) is 0 Å². The number of allylic oxidation sites excluding steroid dienone is 3. The maximum Gasteiger partial charge on any atom is 0.308 e. The van der Waals surface area contributed by atoms with Crippen LogP contribution < -0.4 is 0 Å². The van der Waals surface area contributed by atoms with Crippen molar-refractivity contribution in [2.24, 2.45) is 17.8 Å². The van der Waals surface area contributed by atoms with Gasteiger partial charge in [-0.05, 0) is 73.5 Å². The highest BCUT2D eigenvalue weighted by Crippen LogP contribution is 2.36. The van der Waals surface area contributed by atoms with Crippen molar-refractivity contribution >= 4 is 18.0 Å². The van der Waals surface area contributed by atoms with E-state index < -0.39 is 134 Å². The second-order valence-corrected chi connectivity index (χ2v) is 18.3. The van der Waals surface area contributed by atoms with Crippen LogP contribution in [0.3, 0.4) is 0 Å². The van der Waals surface area contributed by atoms with Gasteiger partial charge in [-0.25, -0.2) is 0 Å². The van der Waals surface area contributed by atoms with Crippen molar-refractivity contribution in [3.63, 3.8) is 0 Å². The number of likely N-dealkylation sites (N-methyl/N-ethyl adjacent to an activating group) is 1. The van der Waals surface area contributed by atoms with Gasteiger partial charge in [0.2, 0.25) is 0 Å². The number of aliphatic hydroxyl groups is 5. The highest BCUT2D eigenvalue weighted by molar-refractivity contribution is 5.91. The minimum absolute atomic E-state index is 0.00431. The molecule has 0 radical (unpaired) electrons. The number of cyclic esters (lactones) is 1. The summed E-state index contributed by atoms with van der Waals surface area (Å²) >= 11 is 0. The number of esters is 1. The summed E-state index contributed by atoms with van der Waals surface area (Å²) in [5.41, 5.74) is -0.801. The van der Waals surface area contributed by atoms with E-state index >= 15 is 0 Å². The van der Waals surface area contributed by atoms with Gasteiger partial charge in [-0.15, -0.1) is 0 Å². The molecular weight excluding hydrogens is 826 g/mol. The summed E-state index contributed by atoms with van der Waals surface area (Å²) in [5.74, 6) is -2.69. The molecule has 4 aliphatic heterocycles. The van der Waals surface area contributed by atoms with Crippen molar-refractivity contribution in [1.29, 1.82) is 0 Å². The van der Waals surface area contributed by atoms with E-state index in [1.165, 1.54) is 27.2 Å². The van der Waals surface area contributed by atoms with Crippen molar-refractivity contribution in [2.45, 2.75) is 191 Å². The van der Waals surface area contributed by atoms with Gasteiger partial charge in [-0.1, -0.05) is 31.6 Å². The fourth-order valence-electron chi connectivity index (χ4n) is 9.22. The van der Waals surface area contributed by atoms with Crippen LogP contribution >= 0.6 is 0 Å². The van der Waals surface area contributed by atoms with E-state index in [2.05, 4.69) is 0 Å². The lowest BCUT2D eigenvalue weighted by molar-refractivity contribution is -0.339. The van der Waals surface area contributed by atoms with Crippen LogP contribution in [-0.4, -0.2) is 187 Å². The van der Waals surface area contributed by atoms with Gasteiger partial charge < -0.3 is 77.9 Å². The molecule has 362 valence electrons. The van der Waals surface area contributed by atoms with Crippen molar-refractivity contribution in [2.75, 3.05) is 34.9 Å². The van der Waals surface area contributed by atoms with Gasteiger partial charge in [-0.2, -0.15) is 0 Å². The van der Waals surface area contributed by atoms with Gasteiger partial charge in [0.25, 0.3) is 0 Å². The molecule has 63 heavy (non-hydrogen) atoms. The zero-order valence-electron chi connectivity index (χ0n) is 38.8. The molecule has 0 aromatic rings. The standard InChI is InChI=1S/C45H75NO17/c1-12-32-29(22-57-44-41(56-11)40(55-10)37(51)25(4)59-44)17-23(2)13-14-31(49)24(3)18-28(15-16-47)33(19-30(48)20-34(50)61-32)62-43-38(52)36(46(8)9)39(26(5)60-43)63-35-21-45(7,54)42(53)27(6)58-35/h13-14,16-17,24-30,32-33,35-44,48,51-54H,12,15,18-22H2,1-11H3/t24-,25?,26?,27-,28+,29-,30+,32-,33-,35+,36+,37-,38+,39-,40+,41?,42?,43?,44-,45?/m1/s1. The van der Waals surface area contributed by atoms with Crippen LogP contribution in [0, 0.1) is 17.8 Å². The molecule has 0 aromatic carbocycles. The smallest absolute Gasteiger partial charge is 0.308 e. The van der Waals surface area contributed by atoms with Crippen molar-refractivity contribution < 1.29 is 82.5 Å². The zero-order chi connectivity index (χ0) is 46.9. The fraction of sp³-hybridized carbons (Fsp3) is 0.844. The molecule has 4 rings (SSSR count). The Labute approximate surface area is 372 Å². The maximum absolute atomic E-state index is 13.6. The summed E-state index contributed by atoms with van der Waals surface area (Å²) in [4.78, 5) is 41.2. The second-order valence-electron chi connectivity index (χ2n) is 18.3. The van der Waals surface area contributed by atoms with Gasteiger partial charge >= 0.3 is 5.97 Å². The number of nitrogens with zero attached hydrogens (tertiary/aromatic N) is 1. The fourth-order valence-corrected chi connectivity index (χ4v) is 9.22. The molecule has 4 aliphatic rings.